The molecular weight excluding hydrogens is 230 g/mol. The van der Waals surface area contributed by atoms with Gasteiger partial charge in [-0.25, -0.2) is 0 Å². The number of hydrogen-bond donors (Lipinski definition) is 1. The molecule has 0 radical (unpaired) electrons. The molecule has 0 saturated heterocycles. The summed E-state index contributed by atoms with van der Waals surface area (Å²) >= 11 is 0. The van der Waals surface area contributed by atoms with Crippen molar-refractivity contribution in [2.24, 2.45) is 0 Å². The van der Waals surface area contributed by atoms with E-state index < -0.39 is 0 Å². The molecule has 19 heavy (non-hydrogen) atoms. The molecule has 1 N–H and O–H groups in total. The second-order valence-corrected chi connectivity index (χ2v) is 5.16. The van der Waals surface area contributed by atoms with Gasteiger partial charge in [-0.3, -0.25) is 0 Å². The molecule has 0 spiro atoms. The van der Waals surface area contributed by atoms with E-state index in [4.69, 9.17) is 0 Å². The van der Waals surface area contributed by atoms with Gasteiger partial charge in [-0.1, -0.05) is 42.5 Å². The van der Waals surface area contributed by atoms with Gasteiger partial charge >= 0.3 is 0 Å². The Morgan fingerprint density at radius 1 is 0.632 bits per heavy atom. The van der Waals surface area contributed by atoms with Crippen LogP contribution in [0.15, 0.2) is 60.9 Å². The fourth-order valence-electron chi connectivity index (χ4n) is 3.41. The van der Waals surface area contributed by atoms with Crippen LogP contribution in [0.4, 0.5) is 0 Å². The summed E-state index contributed by atoms with van der Waals surface area (Å²) in [5, 5.41) is 5.35. The molecule has 0 unspecified atom stereocenters. The molecule has 88 valence electrons. The third kappa shape index (κ3) is 1.02. The number of H-pyrrole nitrogens is 1. The maximum Gasteiger partial charge on any atom is 0.00906 e. The van der Waals surface area contributed by atoms with E-state index in [0.717, 1.165) is 0 Å². The second-order valence-electron chi connectivity index (χ2n) is 5.16. The van der Waals surface area contributed by atoms with Gasteiger partial charge in [0.1, 0.15) is 0 Å². The number of aromatic amines is 1. The van der Waals surface area contributed by atoms with Gasteiger partial charge in [-0.05, 0) is 39.1 Å². The third-order valence-corrected chi connectivity index (χ3v) is 4.21. The molecule has 0 amide bonds. The molecule has 1 nitrogen and oxygen atoms in total. The predicted octanol–water partition coefficient (Wildman–Crippen LogP) is 4.97. The summed E-state index contributed by atoms with van der Waals surface area (Å²) in [5.74, 6) is 0. The molecule has 1 aliphatic carbocycles. The van der Waals surface area contributed by atoms with Gasteiger partial charge in [0.05, 0.1) is 0 Å². The summed E-state index contributed by atoms with van der Waals surface area (Å²) in [4.78, 5) is 3.22. The van der Waals surface area contributed by atoms with Gasteiger partial charge < -0.3 is 4.98 Å². The monoisotopic (exact) mass is 241 g/mol. The van der Waals surface area contributed by atoms with Gasteiger partial charge in [0.2, 0.25) is 0 Å². The van der Waals surface area contributed by atoms with E-state index in [2.05, 4.69) is 65.9 Å². The molecule has 1 heteroatoms. The van der Waals surface area contributed by atoms with E-state index in [-0.39, 0.29) is 0 Å². The summed E-state index contributed by atoms with van der Waals surface area (Å²) in [6.45, 7) is 0. The van der Waals surface area contributed by atoms with E-state index in [1.807, 2.05) is 0 Å². The van der Waals surface area contributed by atoms with Crippen molar-refractivity contribution in [2.75, 3.05) is 0 Å². The SMILES string of the molecule is c1ccc2c(c1)-c1cccc3c1c-2cc1c[nH]cc13. The highest BCUT2D eigenvalue weighted by molar-refractivity contribution is 6.23. The zero-order valence-corrected chi connectivity index (χ0v) is 10.3. The minimum Gasteiger partial charge on any atom is -0.366 e. The van der Waals surface area contributed by atoms with Crippen molar-refractivity contribution in [3.05, 3.63) is 60.9 Å². The topological polar surface area (TPSA) is 15.8 Å². The molecule has 0 bridgehead atoms. The number of benzene rings is 3. The van der Waals surface area contributed by atoms with Gasteiger partial charge in [0, 0.05) is 23.2 Å². The van der Waals surface area contributed by atoms with Crippen LogP contribution >= 0.6 is 0 Å². The number of fused-ring (bicyclic) bond motifs is 5. The maximum atomic E-state index is 3.22. The van der Waals surface area contributed by atoms with Crippen LogP contribution in [-0.2, 0) is 0 Å². The van der Waals surface area contributed by atoms with Crippen LogP contribution < -0.4 is 0 Å². The third-order valence-electron chi connectivity index (χ3n) is 4.21. The smallest absolute Gasteiger partial charge is 0.00906 e. The van der Waals surface area contributed by atoms with Crippen LogP contribution in [0.3, 0.4) is 0 Å². The Morgan fingerprint density at radius 2 is 1.42 bits per heavy atom. The fourth-order valence-corrected chi connectivity index (χ4v) is 3.41. The molecule has 5 rings (SSSR count). The Kier molecular flexibility index (Phi) is 1.52. The van der Waals surface area contributed by atoms with Crippen molar-refractivity contribution in [1.82, 2.24) is 4.98 Å². The summed E-state index contributed by atoms with van der Waals surface area (Å²) in [6, 6.07) is 17.6. The number of hydrogen-bond acceptors (Lipinski definition) is 0. The lowest BCUT2D eigenvalue weighted by Gasteiger charge is -2.03. The molecule has 1 aliphatic rings. The quantitative estimate of drug-likeness (QED) is 0.394. The zero-order valence-electron chi connectivity index (χ0n) is 10.3. The minimum absolute atomic E-state index is 1.29. The van der Waals surface area contributed by atoms with Crippen molar-refractivity contribution in [3.8, 4) is 22.3 Å². The highest BCUT2D eigenvalue weighted by Crippen LogP contribution is 2.48. The Balaban J connectivity index is 2.14. The summed E-state index contributed by atoms with van der Waals surface area (Å²) in [7, 11) is 0. The molecule has 1 heterocycles. The average Bonchev–Trinajstić information content (AvgIpc) is 3.05. The van der Waals surface area contributed by atoms with Crippen molar-refractivity contribution in [1.29, 1.82) is 0 Å². The lowest BCUT2D eigenvalue weighted by atomic mass is 9.99. The van der Waals surface area contributed by atoms with Crippen LogP contribution in [-0.4, -0.2) is 4.98 Å². The largest absolute Gasteiger partial charge is 0.366 e. The van der Waals surface area contributed by atoms with Crippen LogP contribution in [0, 0.1) is 0 Å². The van der Waals surface area contributed by atoms with E-state index in [1.54, 1.807) is 0 Å². The molecule has 0 aliphatic heterocycles. The molecule has 1 aromatic heterocycles. The summed E-state index contributed by atoms with van der Waals surface area (Å²) in [6.07, 6.45) is 4.18. The molecule has 4 aromatic rings. The summed E-state index contributed by atoms with van der Waals surface area (Å²) in [5.41, 5.74) is 5.45. The van der Waals surface area contributed by atoms with Crippen molar-refractivity contribution in [3.63, 3.8) is 0 Å². The number of rotatable bonds is 0. The zero-order chi connectivity index (χ0) is 12.4. The molecular formula is C18H11N. The van der Waals surface area contributed by atoms with Crippen LogP contribution in [0.2, 0.25) is 0 Å². The lowest BCUT2D eigenvalue weighted by molar-refractivity contribution is 1.43. The first-order chi connectivity index (χ1) is 9.43. The Morgan fingerprint density at radius 3 is 2.32 bits per heavy atom. The normalized spacial score (nSPS) is 12.2. The maximum absolute atomic E-state index is 3.22. The Bertz CT molecular complexity index is 960. The highest BCUT2D eigenvalue weighted by atomic mass is 14.6. The Labute approximate surface area is 110 Å². The number of aromatic nitrogens is 1. The lowest BCUT2D eigenvalue weighted by Crippen LogP contribution is -1.76. The molecule has 0 fully saturated rings. The van der Waals surface area contributed by atoms with E-state index >= 15 is 0 Å². The van der Waals surface area contributed by atoms with Crippen molar-refractivity contribution >= 4 is 21.5 Å². The first kappa shape index (κ1) is 9.40. The van der Waals surface area contributed by atoms with Crippen LogP contribution in [0.5, 0.6) is 0 Å². The first-order valence-electron chi connectivity index (χ1n) is 6.55. The summed E-state index contributed by atoms with van der Waals surface area (Å²) < 4.78 is 0. The second kappa shape index (κ2) is 3.07. The van der Waals surface area contributed by atoms with E-state index in [1.165, 1.54) is 43.8 Å². The molecule has 0 saturated carbocycles. The van der Waals surface area contributed by atoms with E-state index in [0.29, 0.717) is 0 Å². The standard InChI is InChI=1S/C18H11N/c1-2-5-13-12(4-1)14-6-3-7-15-17-10-19-9-11(17)8-16(13)18(14)15/h1-10,19H. The number of nitrogens with one attached hydrogen (secondary N) is 1. The van der Waals surface area contributed by atoms with Crippen molar-refractivity contribution < 1.29 is 0 Å². The van der Waals surface area contributed by atoms with Gasteiger partial charge in [0.15, 0.2) is 0 Å². The first-order valence-corrected chi connectivity index (χ1v) is 6.55. The van der Waals surface area contributed by atoms with Crippen molar-refractivity contribution in [2.45, 2.75) is 0 Å². The highest BCUT2D eigenvalue weighted by Gasteiger charge is 2.21. The minimum atomic E-state index is 1.29. The average molecular weight is 241 g/mol. The van der Waals surface area contributed by atoms with Gasteiger partial charge in [-0.2, -0.15) is 0 Å². The van der Waals surface area contributed by atoms with Crippen LogP contribution in [0.1, 0.15) is 0 Å². The van der Waals surface area contributed by atoms with Gasteiger partial charge in [-0.15, -0.1) is 0 Å². The predicted molar refractivity (Wildman–Crippen MR) is 80.2 cm³/mol. The van der Waals surface area contributed by atoms with Gasteiger partial charge in [0.25, 0.3) is 0 Å². The van der Waals surface area contributed by atoms with Crippen LogP contribution in [0.25, 0.3) is 43.8 Å². The molecule has 3 aromatic carbocycles. The van der Waals surface area contributed by atoms with E-state index in [9.17, 15) is 0 Å². The fraction of sp³-hybridized carbons (Fsp3) is 0. The Hall–Kier alpha value is -2.54. The molecule has 0 atom stereocenters.